The molecule has 0 radical (unpaired) electrons. The van der Waals surface area contributed by atoms with E-state index >= 15 is 0 Å². The molecule has 0 saturated carbocycles. The third-order valence-electron chi connectivity index (χ3n) is 9.51. The molecule has 1 heterocycles. The summed E-state index contributed by atoms with van der Waals surface area (Å²) in [6.07, 6.45) is 0.737. The summed E-state index contributed by atoms with van der Waals surface area (Å²) in [4.78, 5) is 0. The van der Waals surface area contributed by atoms with Gasteiger partial charge in [0.15, 0.2) is 0 Å². The van der Waals surface area contributed by atoms with Gasteiger partial charge in [-0.25, -0.2) is 0 Å². The maximum absolute atomic E-state index is 6.35. The zero-order valence-corrected chi connectivity index (χ0v) is 21.8. The quantitative estimate of drug-likeness (QED) is 0.185. The van der Waals surface area contributed by atoms with Crippen LogP contribution in [0.5, 0.6) is 0 Å². The first kappa shape index (κ1) is 21.7. The molecule has 180 valence electrons. The smallest absolute Gasteiger partial charge is 0.403 e. The highest BCUT2D eigenvalue weighted by atomic mass is 16.7. The standard InChI is InChI=1S/C34H29BO2/c1-32(2)33(3,4)37-35(36-32)20-21-15-18-27-25(19-21)24-11-5-6-12-26(24)34(27)28-13-7-9-22-16-17-23-10-8-14-29(34)31(23)30(22)28/h5-19H,20H2,1-4H3. The second-order valence-electron chi connectivity index (χ2n) is 11.9. The SMILES string of the molecule is CC1(C)OB(Cc2ccc3c(c2)-c2ccccc2C32c3cccc4ccc5cccc2c5c34)OC1(C)C. The molecule has 0 N–H and O–H groups in total. The highest BCUT2D eigenvalue weighted by Crippen LogP contribution is 2.62. The van der Waals surface area contributed by atoms with Crippen molar-refractivity contribution in [3.05, 3.63) is 119 Å². The first-order chi connectivity index (χ1) is 17.8. The lowest BCUT2D eigenvalue weighted by atomic mass is 9.70. The van der Waals surface area contributed by atoms with Crippen molar-refractivity contribution in [3.8, 4) is 11.1 Å². The summed E-state index contributed by atoms with van der Waals surface area (Å²) in [6.45, 7) is 8.48. The Morgan fingerprint density at radius 3 is 1.78 bits per heavy atom. The van der Waals surface area contributed by atoms with E-state index in [0.29, 0.717) is 0 Å². The molecule has 5 aromatic rings. The molecule has 1 spiro atoms. The van der Waals surface area contributed by atoms with Gasteiger partial charge < -0.3 is 9.31 Å². The minimum Gasteiger partial charge on any atom is -0.403 e. The highest BCUT2D eigenvalue weighted by Gasteiger charge is 2.52. The Kier molecular flexibility index (Phi) is 4.05. The molecule has 0 bridgehead atoms. The van der Waals surface area contributed by atoms with Crippen molar-refractivity contribution < 1.29 is 9.31 Å². The summed E-state index contributed by atoms with van der Waals surface area (Å²) in [6, 6.07) is 34.3. The average molecular weight is 480 g/mol. The zero-order chi connectivity index (χ0) is 25.2. The van der Waals surface area contributed by atoms with E-state index in [-0.39, 0.29) is 23.7 Å². The third-order valence-corrected chi connectivity index (χ3v) is 9.51. The summed E-state index contributed by atoms with van der Waals surface area (Å²) < 4.78 is 12.7. The van der Waals surface area contributed by atoms with Crippen LogP contribution in [0.25, 0.3) is 32.7 Å². The summed E-state index contributed by atoms with van der Waals surface area (Å²) in [5, 5.41) is 5.44. The fourth-order valence-electron chi connectivity index (χ4n) is 7.21. The molecular formula is C34H29BO2. The van der Waals surface area contributed by atoms with Crippen LogP contribution in [0.2, 0.25) is 0 Å². The van der Waals surface area contributed by atoms with E-state index in [2.05, 4.69) is 119 Å². The van der Waals surface area contributed by atoms with Gasteiger partial charge in [-0.05, 0) is 88.2 Å². The molecule has 3 heteroatoms. The van der Waals surface area contributed by atoms with Gasteiger partial charge in [0.05, 0.1) is 16.6 Å². The molecule has 5 aromatic carbocycles. The van der Waals surface area contributed by atoms with Crippen molar-refractivity contribution in [1.82, 2.24) is 0 Å². The van der Waals surface area contributed by atoms with Crippen molar-refractivity contribution in [1.29, 1.82) is 0 Å². The van der Waals surface area contributed by atoms with Crippen LogP contribution in [-0.4, -0.2) is 18.3 Å². The van der Waals surface area contributed by atoms with Crippen molar-refractivity contribution in [2.45, 2.75) is 50.6 Å². The van der Waals surface area contributed by atoms with Gasteiger partial charge in [0.2, 0.25) is 0 Å². The van der Waals surface area contributed by atoms with Gasteiger partial charge in [-0.3, -0.25) is 0 Å². The van der Waals surface area contributed by atoms with Crippen molar-refractivity contribution in [2.24, 2.45) is 0 Å². The van der Waals surface area contributed by atoms with Gasteiger partial charge in [-0.1, -0.05) is 91.0 Å². The predicted octanol–water partition coefficient (Wildman–Crippen LogP) is 7.84. The van der Waals surface area contributed by atoms with E-state index in [0.717, 1.165) is 6.32 Å². The average Bonchev–Trinajstić information content (AvgIpc) is 3.42. The minimum atomic E-state index is -0.321. The summed E-state index contributed by atoms with van der Waals surface area (Å²) >= 11 is 0. The summed E-state index contributed by atoms with van der Waals surface area (Å²) in [5.41, 5.74) is 8.53. The molecule has 1 saturated heterocycles. The van der Waals surface area contributed by atoms with Crippen molar-refractivity contribution in [3.63, 3.8) is 0 Å². The van der Waals surface area contributed by atoms with Crippen molar-refractivity contribution >= 4 is 28.7 Å². The van der Waals surface area contributed by atoms with Gasteiger partial charge in [0, 0.05) is 6.32 Å². The van der Waals surface area contributed by atoms with Crippen LogP contribution in [0.3, 0.4) is 0 Å². The molecule has 1 fully saturated rings. The summed E-state index contributed by atoms with van der Waals surface area (Å²) in [7, 11) is -0.244. The second kappa shape index (κ2) is 6.92. The van der Waals surface area contributed by atoms with Crippen LogP contribution in [0.1, 0.15) is 55.5 Å². The predicted molar refractivity (Wildman–Crippen MR) is 152 cm³/mol. The van der Waals surface area contributed by atoms with Crippen LogP contribution < -0.4 is 0 Å². The maximum Gasteiger partial charge on any atom is 0.462 e. The minimum absolute atomic E-state index is 0.244. The van der Waals surface area contributed by atoms with Crippen LogP contribution in [0.4, 0.5) is 0 Å². The zero-order valence-electron chi connectivity index (χ0n) is 21.8. The lowest BCUT2D eigenvalue weighted by Crippen LogP contribution is -2.41. The molecule has 3 aliphatic rings. The fraction of sp³-hybridized carbons (Fsp3) is 0.235. The third kappa shape index (κ3) is 2.59. The van der Waals surface area contributed by atoms with Gasteiger partial charge in [0.25, 0.3) is 0 Å². The first-order valence-electron chi connectivity index (χ1n) is 13.4. The Labute approximate surface area is 218 Å². The molecule has 0 aromatic heterocycles. The number of hydrogen-bond donors (Lipinski definition) is 0. The largest absolute Gasteiger partial charge is 0.462 e. The van der Waals surface area contributed by atoms with Crippen molar-refractivity contribution in [2.75, 3.05) is 0 Å². The molecule has 0 amide bonds. The molecule has 8 rings (SSSR count). The molecule has 2 nitrogen and oxygen atoms in total. The Hall–Kier alpha value is -3.40. The monoisotopic (exact) mass is 480 g/mol. The van der Waals surface area contributed by atoms with Gasteiger partial charge >= 0.3 is 7.12 Å². The second-order valence-corrected chi connectivity index (χ2v) is 11.9. The number of hydrogen-bond acceptors (Lipinski definition) is 2. The van der Waals surface area contributed by atoms with Crippen LogP contribution >= 0.6 is 0 Å². The lowest BCUT2D eigenvalue weighted by molar-refractivity contribution is 0.00578. The van der Waals surface area contributed by atoms with E-state index in [1.54, 1.807) is 0 Å². The van der Waals surface area contributed by atoms with E-state index in [4.69, 9.17) is 9.31 Å². The molecule has 0 atom stereocenters. The van der Waals surface area contributed by atoms with E-state index in [1.807, 2.05) is 0 Å². The van der Waals surface area contributed by atoms with Crippen LogP contribution in [-0.2, 0) is 21.0 Å². The van der Waals surface area contributed by atoms with Crippen LogP contribution in [0.15, 0.2) is 91.0 Å². The normalized spacial score (nSPS) is 19.3. The van der Waals surface area contributed by atoms with E-state index in [1.165, 1.54) is 60.5 Å². The Balaban J connectivity index is 1.35. The Bertz CT molecular complexity index is 1700. The topological polar surface area (TPSA) is 18.5 Å². The lowest BCUT2D eigenvalue weighted by Gasteiger charge is -2.32. The number of benzene rings is 5. The van der Waals surface area contributed by atoms with Gasteiger partial charge in [0.1, 0.15) is 0 Å². The molecular weight excluding hydrogens is 451 g/mol. The maximum atomic E-state index is 6.35. The van der Waals surface area contributed by atoms with Crippen LogP contribution in [0, 0.1) is 0 Å². The molecule has 2 aliphatic carbocycles. The first-order valence-corrected chi connectivity index (χ1v) is 13.4. The summed E-state index contributed by atoms with van der Waals surface area (Å²) in [5.74, 6) is 0. The fourth-order valence-corrected chi connectivity index (χ4v) is 7.21. The number of fused-ring (bicyclic) bond motifs is 7. The Morgan fingerprint density at radius 1 is 0.568 bits per heavy atom. The van der Waals surface area contributed by atoms with Gasteiger partial charge in [-0.15, -0.1) is 0 Å². The highest BCUT2D eigenvalue weighted by molar-refractivity contribution is 6.45. The van der Waals surface area contributed by atoms with Gasteiger partial charge in [-0.2, -0.15) is 0 Å². The molecule has 37 heavy (non-hydrogen) atoms. The Morgan fingerprint density at radius 2 is 1.14 bits per heavy atom. The molecule has 1 aliphatic heterocycles. The molecule has 0 unspecified atom stereocenters. The van der Waals surface area contributed by atoms with E-state index in [9.17, 15) is 0 Å². The van der Waals surface area contributed by atoms with E-state index < -0.39 is 0 Å². The number of rotatable bonds is 2.